The smallest absolute Gasteiger partial charge is 0.0272 e. The minimum Gasteiger partial charge on any atom is -0.0648 e. The summed E-state index contributed by atoms with van der Waals surface area (Å²) >= 11 is 0. The summed E-state index contributed by atoms with van der Waals surface area (Å²) in [6.45, 7) is 14.4. The van der Waals surface area contributed by atoms with Crippen molar-refractivity contribution in [2.24, 2.45) is 29.1 Å². The molecule has 0 heterocycles. The summed E-state index contributed by atoms with van der Waals surface area (Å²) in [4.78, 5) is 0. The van der Waals surface area contributed by atoms with Gasteiger partial charge in [-0.15, -0.1) is 0 Å². The van der Waals surface area contributed by atoms with Crippen LogP contribution >= 0.6 is 0 Å². The molecule has 0 aromatic heterocycles. The van der Waals surface area contributed by atoms with E-state index in [9.17, 15) is 0 Å². The quantitative estimate of drug-likeness (QED) is 0.608. The summed E-state index contributed by atoms with van der Waals surface area (Å²) in [5.41, 5.74) is 0.643. The van der Waals surface area contributed by atoms with Crippen molar-refractivity contribution in [1.82, 2.24) is 0 Å². The first-order valence-electron chi connectivity index (χ1n) is 5.93. The van der Waals surface area contributed by atoms with E-state index in [0.717, 1.165) is 23.7 Å². The fourth-order valence-corrected chi connectivity index (χ4v) is 3.01. The molecule has 0 aromatic rings. The molecule has 4 unspecified atom stereocenters. The Morgan fingerprint density at radius 1 is 1.31 bits per heavy atom. The summed E-state index contributed by atoms with van der Waals surface area (Å²) < 4.78 is 0. The van der Waals surface area contributed by atoms with Gasteiger partial charge in [-0.2, -0.15) is 0 Å². The molecule has 0 aromatic carbocycles. The predicted octanol–water partition coefficient (Wildman–Crippen LogP) is 4.35. The van der Waals surface area contributed by atoms with E-state index in [1.165, 1.54) is 12.8 Å². The van der Waals surface area contributed by atoms with Crippen molar-refractivity contribution in [1.29, 1.82) is 0 Å². The second kappa shape index (κ2) is 3.63. The van der Waals surface area contributed by atoms with Crippen LogP contribution in [0.2, 0.25) is 0 Å². The van der Waals surface area contributed by atoms with E-state index in [-0.39, 0.29) is 0 Å². The molecule has 1 rings (SSSR count). The van der Waals surface area contributed by atoms with Gasteiger partial charge in [-0.3, -0.25) is 0 Å². The Bertz CT molecular complexity index is 171. The van der Waals surface area contributed by atoms with Crippen LogP contribution in [0.5, 0.6) is 0 Å². The largest absolute Gasteiger partial charge is 0.0648 e. The zero-order valence-corrected chi connectivity index (χ0v) is 10.2. The van der Waals surface area contributed by atoms with Gasteiger partial charge in [-0.1, -0.05) is 48.0 Å². The maximum atomic E-state index is 2.49. The highest BCUT2D eigenvalue weighted by Crippen LogP contribution is 2.57. The van der Waals surface area contributed by atoms with E-state index in [2.05, 4.69) is 41.5 Å². The molecular weight excluding hydrogens is 156 g/mol. The molecule has 0 radical (unpaired) electrons. The fraction of sp³-hybridized carbons (Fsp3) is 1.00. The molecule has 0 nitrogen and oxygen atoms in total. The fourth-order valence-electron chi connectivity index (χ4n) is 3.01. The minimum absolute atomic E-state index is 0.643. The summed E-state index contributed by atoms with van der Waals surface area (Å²) in [5.74, 6) is 3.68. The van der Waals surface area contributed by atoms with Crippen LogP contribution in [0.1, 0.15) is 54.4 Å². The average Bonchev–Trinajstić information content (AvgIpc) is 2.11. The van der Waals surface area contributed by atoms with Crippen LogP contribution in [0, 0.1) is 29.1 Å². The van der Waals surface area contributed by atoms with E-state index in [0.29, 0.717) is 5.41 Å². The molecule has 1 aliphatic carbocycles. The van der Waals surface area contributed by atoms with E-state index in [1.54, 1.807) is 0 Å². The van der Waals surface area contributed by atoms with Crippen molar-refractivity contribution in [3.05, 3.63) is 0 Å². The number of hydrogen-bond acceptors (Lipinski definition) is 0. The van der Waals surface area contributed by atoms with Crippen molar-refractivity contribution in [3.63, 3.8) is 0 Å². The van der Waals surface area contributed by atoms with E-state index in [4.69, 9.17) is 0 Å². The van der Waals surface area contributed by atoms with Gasteiger partial charge in [-0.05, 0) is 35.5 Å². The monoisotopic (exact) mass is 182 g/mol. The van der Waals surface area contributed by atoms with E-state index in [1.807, 2.05) is 0 Å². The van der Waals surface area contributed by atoms with Gasteiger partial charge >= 0.3 is 0 Å². The van der Waals surface area contributed by atoms with E-state index < -0.39 is 0 Å². The average molecular weight is 182 g/mol. The molecule has 0 bridgehead atoms. The third-order valence-electron chi connectivity index (χ3n) is 5.03. The Balaban J connectivity index is 2.64. The first-order valence-corrected chi connectivity index (χ1v) is 5.93. The summed E-state index contributed by atoms with van der Waals surface area (Å²) in [6.07, 6.45) is 2.82. The highest BCUT2D eigenvalue weighted by molar-refractivity contribution is 4.98. The molecule has 0 saturated heterocycles. The summed E-state index contributed by atoms with van der Waals surface area (Å²) in [7, 11) is 0. The molecular formula is C13H26. The van der Waals surface area contributed by atoms with Crippen molar-refractivity contribution < 1.29 is 0 Å². The third kappa shape index (κ3) is 1.65. The van der Waals surface area contributed by atoms with Crippen LogP contribution in [-0.4, -0.2) is 0 Å². The molecule has 1 saturated carbocycles. The second-order valence-corrected chi connectivity index (χ2v) is 5.71. The second-order valence-electron chi connectivity index (χ2n) is 5.71. The highest BCUT2D eigenvalue weighted by Gasteiger charge is 2.49. The lowest BCUT2D eigenvalue weighted by molar-refractivity contribution is -0.0722. The van der Waals surface area contributed by atoms with Crippen molar-refractivity contribution in [2.45, 2.75) is 54.4 Å². The van der Waals surface area contributed by atoms with Crippen LogP contribution in [0.15, 0.2) is 0 Å². The zero-order chi connectivity index (χ0) is 10.2. The number of hydrogen-bond donors (Lipinski definition) is 0. The lowest BCUT2D eigenvalue weighted by Gasteiger charge is -2.56. The maximum absolute atomic E-state index is 2.49. The Kier molecular flexibility index (Phi) is 3.09. The third-order valence-corrected chi connectivity index (χ3v) is 5.03. The lowest BCUT2D eigenvalue weighted by Crippen LogP contribution is -2.49. The molecule has 0 N–H and O–H groups in total. The molecule has 0 heteroatoms. The van der Waals surface area contributed by atoms with Crippen molar-refractivity contribution in [2.75, 3.05) is 0 Å². The van der Waals surface area contributed by atoms with Gasteiger partial charge in [0.25, 0.3) is 0 Å². The number of rotatable bonds is 3. The van der Waals surface area contributed by atoms with Crippen molar-refractivity contribution >= 4 is 0 Å². The maximum Gasteiger partial charge on any atom is -0.0272 e. The van der Waals surface area contributed by atoms with Crippen LogP contribution in [0.3, 0.4) is 0 Å². The van der Waals surface area contributed by atoms with E-state index >= 15 is 0 Å². The molecule has 13 heavy (non-hydrogen) atoms. The first-order chi connectivity index (χ1) is 5.93. The van der Waals surface area contributed by atoms with Gasteiger partial charge < -0.3 is 0 Å². The summed E-state index contributed by atoms with van der Waals surface area (Å²) in [6, 6.07) is 0. The van der Waals surface area contributed by atoms with Gasteiger partial charge in [0, 0.05) is 0 Å². The van der Waals surface area contributed by atoms with Gasteiger partial charge in [-0.25, -0.2) is 0 Å². The van der Waals surface area contributed by atoms with Crippen LogP contribution in [0.25, 0.3) is 0 Å². The van der Waals surface area contributed by atoms with Gasteiger partial charge in [0.2, 0.25) is 0 Å². The SMILES string of the molecule is CCC1(C)C(C)CC1C(C)C(C)C. The molecule has 0 aliphatic heterocycles. The highest BCUT2D eigenvalue weighted by atomic mass is 14.5. The molecule has 4 atom stereocenters. The van der Waals surface area contributed by atoms with Gasteiger partial charge in [0.1, 0.15) is 0 Å². The Labute approximate surface area is 84.1 Å². The summed E-state index contributed by atoms with van der Waals surface area (Å²) in [5, 5.41) is 0. The Morgan fingerprint density at radius 2 is 1.85 bits per heavy atom. The molecule has 78 valence electrons. The standard InChI is InChI=1S/C13H26/c1-7-13(6)10(4)8-12(13)11(5)9(2)3/h9-12H,7-8H2,1-6H3. The molecule has 0 spiro atoms. The Morgan fingerprint density at radius 3 is 2.15 bits per heavy atom. The lowest BCUT2D eigenvalue weighted by atomic mass is 9.49. The zero-order valence-electron chi connectivity index (χ0n) is 10.2. The topological polar surface area (TPSA) is 0 Å². The normalized spacial score (nSPS) is 41.8. The van der Waals surface area contributed by atoms with Crippen LogP contribution < -0.4 is 0 Å². The van der Waals surface area contributed by atoms with Crippen LogP contribution in [0.4, 0.5) is 0 Å². The predicted molar refractivity (Wildman–Crippen MR) is 59.7 cm³/mol. The minimum atomic E-state index is 0.643. The van der Waals surface area contributed by atoms with Gasteiger partial charge in [0.05, 0.1) is 0 Å². The van der Waals surface area contributed by atoms with Gasteiger partial charge in [0.15, 0.2) is 0 Å². The Hall–Kier alpha value is 0. The first kappa shape index (κ1) is 11.1. The molecule has 0 amide bonds. The molecule has 1 fully saturated rings. The van der Waals surface area contributed by atoms with Crippen LogP contribution in [-0.2, 0) is 0 Å². The molecule has 1 aliphatic rings. The van der Waals surface area contributed by atoms with Crippen molar-refractivity contribution in [3.8, 4) is 0 Å².